The highest BCUT2D eigenvalue weighted by molar-refractivity contribution is 5.38. The van der Waals surface area contributed by atoms with Crippen LogP contribution >= 0.6 is 0 Å². The van der Waals surface area contributed by atoms with Crippen LogP contribution in [-0.2, 0) is 11.3 Å². The second-order valence-electron chi connectivity index (χ2n) is 2.54. The predicted octanol–water partition coefficient (Wildman–Crippen LogP) is 0.565. The Bertz CT molecular complexity index is 290. The summed E-state index contributed by atoms with van der Waals surface area (Å²) in [6.07, 6.45) is 1.49. The normalized spacial score (nSPS) is 9.93. The lowest BCUT2D eigenvalue weighted by molar-refractivity contribution is 0.0488. The van der Waals surface area contributed by atoms with Crippen molar-refractivity contribution < 1.29 is 19.3 Å². The number of aliphatic hydroxyl groups is 1. The number of ether oxygens (including phenoxy) is 3. The van der Waals surface area contributed by atoms with E-state index in [2.05, 4.69) is 4.98 Å². The molecule has 0 radical (unpaired) electrons. The van der Waals surface area contributed by atoms with Gasteiger partial charge in [-0.2, -0.15) is 0 Å². The van der Waals surface area contributed by atoms with E-state index in [9.17, 15) is 0 Å². The van der Waals surface area contributed by atoms with E-state index < -0.39 is 0 Å². The molecule has 1 rings (SSSR count). The van der Waals surface area contributed by atoms with Gasteiger partial charge in [-0.3, -0.25) is 4.98 Å². The van der Waals surface area contributed by atoms with E-state index in [1.54, 1.807) is 6.07 Å². The summed E-state index contributed by atoms with van der Waals surface area (Å²) in [6.45, 7) is 0.0113. The molecule has 5 heteroatoms. The van der Waals surface area contributed by atoms with Crippen LogP contribution in [0.5, 0.6) is 11.5 Å². The molecule has 0 saturated heterocycles. The predicted molar refractivity (Wildman–Crippen MR) is 49.2 cm³/mol. The number of aromatic nitrogens is 1. The lowest BCUT2D eigenvalue weighted by Gasteiger charge is -2.09. The van der Waals surface area contributed by atoms with E-state index in [0.29, 0.717) is 17.2 Å². The molecule has 0 aliphatic heterocycles. The van der Waals surface area contributed by atoms with Gasteiger partial charge in [0, 0.05) is 13.2 Å². The number of methoxy groups -OCH3 is 2. The smallest absolute Gasteiger partial charge is 0.189 e. The van der Waals surface area contributed by atoms with Gasteiger partial charge >= 0.3 is 0 Å². The molecule has 14 heavy (non-hydrogen) atoms. The van der Waals surface area contributed by atoms with Crippen LogP contribution in [0.1, 0.15) is 5.69 Å². The molecule has 1 N–H and O–H groups in total. The standard InChI is InChI=1S/C9H13NO4/c1-12-6-14-9-4-10-7(5-11)3-8(9)13-2/h3-4,11H,5-6H2,1-2H3. The molecule has 0 aromatic carbocycles. The number of rotatable bonds is 5. The van der Waals surface area contributed by atoms with E-state index in [0.717, 1.165) is 0 Å². The van der Waals surface area contributed by atoms with Gasteiger partial charge in [-0.25, -0.2) is 0 Å². The van der Waals surface area contributed by atoms with Gasteiger partial charge in [0.2, 0.25) is 0 Å². The average Bonchev–Trinajstić information content (AvgIpc) is 2.26. The highest BCUT2D eigenvalue weighted by Gasteiger charge is 2.05. The second kappa shape index (κ2) is 5.41. The molecule has 1 aromatic heterocycles. The third-order valence-corrected chi connectivity index (χ3v) is 1.60. The highest BCUT2D eigenvalue weighted by Crippen LogP contribution is 2.26. The summed E-state index contributed by atoms with van der Waals surface area (Å²) in [4.78, 5) is 3.95. The molecule has 0 amide bonds. The molecule has 0 spiro atoms. The molecular formula is C9H13NO4. The SMILES string of the molecule is COCOc1cnc(CO)cc1OC. The van der Waals surface area contributed by atoms with E-state index in [1.165, 1.54) is 20.4 Å². The highest BCUT2D eigenvalue weighted by atomic mass is 16.7. The van der Waals surface area contributed by atoms with Crippen LogP contribution in [0.4, 0.5) is 0 Å². The van der Waals surface area contributed by atoms with Crippen molar-refractivity contribution in [1.82, 2.24) is 4.98 Å². The number of hydrogen-bond donors (Lipinski definition) is 1. The second-order valence-corrected chi connectivity index (χ2v) is 2.54. The largest absolute Gasteiger partial charge is 0.493 e. The minimum Gasteiger partial charge on any atom is -0.493 e. The molecule has 1 aromatic rings. The minimum absolute atomic E-state index is 0.124. The van der Waals surface area contributed by atoms with Crippen molar-refractivity contribution in [2.45, 2.75) is 6.61 Å². The van der Waals surface area contributed by atoms with Crippen LogP contribution in [0.2, 0.25) is 0 Å². The molecule has 0 atom stereocenters. The van der Waals surface area contributed by atoms with Crippen molar-refractivity contribution in [2.24, 2.45) is 0 Å². The third kappa shape index (κ3) is 2.58. The first-order chi connectivity index (χ1) is 6.81. The fraction of sp³-hybridized carbons (Fsp3) is 0.444. The Balaban J connectivity index is 2.82. The van der Waals surface area contributed by atoms with Gasteiger partial charge in [-0.15, -0.1) is 0 Å². The molecule has 1 heterocycles. The molecule has 0 saturated carbocycles. The fourth-order valence-electron chi connectivity index (χ4n) is 0.942. The van der Waals surface area contributed by atoms with Crippen LogP contribution in [0.3, 0.4) is 0 Å². The van der Waals surface area contributed by atoms with Crippen molar-refractivity contribution >= 4 is 0 Å². The van der Waals surface area contributed by atoms with Crippen molar-refractivity contribution in [3.63, 3.8) is 0 Å². The van der Waals surface area contributed by atoms with Crippen LogP contribution < -0.4 is 9.47 Å². The summed E-state index contributed by atoms with van der Waals surface area (Å²) in [6, 6.07) is 1.62. The molecule has 0 aliphatic carbocycles. The van der Waals surface area contributed by atoms with Gasteiger partial charge in [-0.1, -0.05) is 0 Å². The van der Waals surface area contributed by atoms with Gasteiger partial charge in [0.25, 0.3) is 0 Å². The van der Waals surface area contributed by atoms with Crippen LogP contribution in [-0.4, -0.2) is 31.1 Å². The van der Waals surface area contributed by atoms with Gasteiger partial charge < -0.3 is 19.3 Å². The van der Waals surface area contributed by atoms with Crippen molar-refractivity contribution in [1.29, 1.82) is 0 Å². The maximum atomic E-state index is 8.84. The van der Waals surface area contributed by atoms with Crippen molar-refractivity contribution in [2.75, 3.05) is 21.0 Å². The summed E-state index contributed by atoms with van der Waals surface area (Å²) >= 11 is 0. The average molecular weight is 199 g/mol. The van der Waals surface area contributed by atoms with E-state index in [-0.39, 0.29) is 13.4 Å². The monoisotopic (exact) mass is 199 g/mol. The summed E-state index contributed by atoms with van der Waals surface area (Å²) in [5.74, 6) is 1.02. The van der Waals surface area contributed by atoms with Crippen molar-refractivity contribution in [3.05, 3.63) is 18.0 Å². The Morgan fingerprint density at radius 3 is 2.71 bits per heavy atom. The molecule has 78 valence electrons. The zero-order valence-electron chi connectivity index (χ0n) is 8.19. The Hall–Kier alpha value is -1.33. The van der Waals surface area contributed by atoms with Gasteiger partial charge in [0.15, 0.2) is 18.3 Å². The molecule has 0 aliphatic rings. The fourth-order valence-corrected chi connectivity index (χ4v) is 0.942. The summed E-state index contributed by atoms with van der Waals surface area (Å²) in [5.41, 5.74) is 0.534. The van der Waals surface area contributed by atoms with Gasteiger partial charge in [-0.05, 0) is 0 Å². The molecule has 0 unspecified atom stereocenters. The van der Waals surface area contributed by atoms with Crippen LogP contribution in [0, 0.1) is 0 Å². The maximum Gasteiger partial charge on any atom is 0.189 e. The lowest BCUT2D eigenvalue weighted by Crippen LogP contribution is -2.02. The number of nitrogens with zero attached hydrogens (tertiary/aromatic N) is 1. The van der Waals surface area contributed by atoms with Gasteiger partial charge in [0.1, 0.15) is 0 Å². The first-order valence-corrected chi connectivity index (χ1v) is 4.07. The molecule has 0 bridgehead atoms. The number of hydrogen-bond acceptors (Lipinski definition) is 5. The quantitative estimate of drug-likeness (QED) is 0.702. The van der Waals surface area contributed by atoms with Crippen molar-refractivity contribution in [3.8, 4) is 11.5 Å². The lowest BCUT2D eigenvalue weighted by atomic mass is 10.3. The number of aliphatic hydroxyl groups excluding tert-OH is 1. The first kappa shape index (κ1) is 10.7. The van der Waals surface area contributed by atoms with E-state index in [1.807, 2.05) is 0 Å². The molecular weight excluding hydrogens is 186 g/mol. The minimum atomic E-state index is -0.124. The zero-order chi connectivity index (χ0) is 10.4. The Morgan fingerprint density at radius 2 is 2.14 bits per heavy atom. The molecule has 5 nitrogen and oxygen atoms in total. The zero-order valence-corrected chi connectivity index (χ0v) is 8.19. The topological polar surface area (TPSA) is 60.8 Å². The Labute approximate surface area is 82.2 Å². The van der Waals surface area contributed by atoms with Crippen LogP contribution in [0.25, 0.3) is 0 Å². The van der Waals surface area contributed by atoms with Gasteiger partial charge in [0.05, 0.1) is 25.6 Å². The molecule has 0 fully saturated rings. The first-order valence-electron chi connectivity index (χ1n) is 4.07. The summed E-state index contributed by atoms with van der Waals surface area (Å²) < 4.78 is 15.0. The van der Waals surface area contributed by atoms with E-state index in [4.69, 9.17) is 19.3 Å². The summed E-state index contributed by atoms with van der Waals surface area (Å²) in [7, 11) is 3.05. The summed E-state index contributed by atoms with van der Waals surface area (Å²) in [5, 5.41) is 8.84. The number of pyridine rings is 1. The third-order valence-electron chi connectivity index (χ3n) is 1.60. The van der Waals surface area contributed by atoms with E-state index >= 15 is 0 Å². The maximum absolute atomic E-state index is 8.84. The Morgan fingerprint density at radius 1 is 1.36 bits per heavy atom. The van der Waals surface area contributed by atoms with Crippen LogP contribution in [0.15, 0.2) is 12.3 Å². The Kier molecular flexibility index (Phi) is 4.15.